The summed E-state index contributed by atoms with van der Waals surface area (Å²) in [6, 6.07) is 17.2. The van der Waals surface area contributed by atoms with Gasteiger partial charge in [0, 0.05) is 5.56 Å². The summed E-state index contributed by atoms with van der Waals surface area (Å²) in [6.07, 6.45) is 1.28. The molecule has 7 nitrogen and oxygen atoms in total. The molecule has 1 unspecified atom stereocenters. The van der Waals surface area contributed by atoms with E-state index in [9.17, 15) is 9.59 Å². The van der Waals surface area contributed by atoms with Crippen molar-refractivity contribution in [2.75, 3.05) is 0 Å². The molecule has 1 atom stereocenters. The molecule has 3 rings (SSSR count). The van der Waals surface area contributed by atoms with Crippen molar-refractivity contribution in [2.45, 2.75) is 18.3 Å². The molecule has 1 aliphatic heterocycles. The second-order valence-corrected chi connectivity index (χ2v) is 6.85. The Morgan fingerprint density at radius 1 is 1.19 bits per heavy atom. The zero-order valence-corrected chi connectivity index (χ0v) is 15.1. The number of carbonyl (C=O) groups is 2. The van der Waals surface area contributed by atoms with Gasteiger partial charge in [-0.05, 0) is 17.7 Å². The molecule has 2 aromatic carbocycles. The summed E-state index contributed by atoms with van der Waals surface area (Å²) in [7, 11) is 0. The molecule has 0 spiro atoms. The molecule has 1 aliphatic rings. The molecule has 8 heteroatoms. The number of hydrogen-bond donors (Lipinski definition) is 2. The highest BCUT2D eigenvalue weighted by Gasteiger charge is 2.32. The highest BCUT2D eigenvalue weighted by molar-refractivity contribution is 8.15. The Morgan fingerprint density at radius 2 is 1.93 bits per heavy atom. The smallest absolute Gasteiger partial charge is 0.305 e. The van der Waals surface area contributed by atoms with Crippen LogP contribution in [-0.2, 0) is 16.2 Å². The molecule has 0 aliphatic carbocycles. The summed E-state index contributed by atoms with van der Waals surface area (Å²) < 4.78 is 5.84. The number of ether oxygens (including phenoxy) is 1. The topological polar surface area (TPSA) is 100 Å². The quantitative estimate of drug-likeness (QED) is 0.566. The van der Waals surface area contributed by atoms with Crippen LogP contribution in [-0.4, -0.2) is 33.6 Å². The molecule has 2 aromatic rings. The van der Waals surface area contributed by atoms with Crippen molar-refractivity contribution in [1.29, 1.82) is 0 Å². The molecule has 1 amide bonds. The molecule has 1 fully saturated rings. The number of carbonyl (C=O) groups excluding carboxylic acids is 1. The van der Waals surface area contributed by atoms with Crippen LogP contribution in [0.4, 0.5) is 0 Å². The number of benzene rings is 2. The molecule has 1 saturated heterocycles. The Kier molecular flexibility index (Phi) is 6.22. The number of aliphatic carboxylic acids is 1. The van der Waals surface area contributed by atoms with Crippen molar-refractivity contribution in [1.82, 2.24) is 5.32 Å². The summed E-state index contributed by atoms with van der Waals surface area (Å²) in [4.78, 5) is 22.4. The van der Waals surface area contributed by atoms with E-state index in [1.165, 1.54) is 6.21 Å². The number of amidine groups is 1. The normalized spacial score (nSPS) is 18.0. The number of carboxylic acids is 1. The van der Waals surface area contributed by atoms with Crippen molar-refractivity contribution in [3.8, 4) is 5.75 Å². The van der Waals surface area contributed by atoms with E-state index in [0.29, 0.717) is 12.4 Å². The molecule has 0 bridgehead atoms. The first kappa shape index (κ1) is 18.7. The van der Waals surface area contributed by atoms with Crippen molar-refractivity contribution < 1.29 is 19.4 Å². The molecular weight excluding hydrogens is 366 g/mol. The van der Waals surface area contributed by atoms with E-state index in [-0.39, 0.29) is 17.5 Å². The third kappa shape index (κ3) is 5.42. The number of nitrogens with zero attached hydrogens (tertiary/aromatic N) is 2. The Labute approximate surface area is 160 Å². The largest absolute Gasteiger partial charge is 0.488 e. The second kappa shape index (κ2) is 9.00. The minimum atomic E-state index is -1.03. The van der Waals surface area contributed by atoms with Crippen LogP contribution in [0.25, 0.3) is 0 Å². The first-order valence-corrected chi connectivity index (χ1v) is 9.06. The molecule has 138 valence electrons. The molecule has 0 radical (unpaired) electrons. The Balaban J connectivity index is 1.64. The average Bonchev–Trinajstić information content (AvgIpc) is 3.00. The molecule has 0 aromatic heterocycles. The minimum Gasteiger partial charge on any atom is -0.488 e. The third-order valence-electron chi connectivity index (χ3n) is 3.64. The van der Waals surface area contributed by atoms with Gasteiger partial charge in [0.15, 0.2) is 5.17 Å². The van der Waals surface area contributed by atoms with E-state index in [4.69, 9.17) is 9.84 Å². The Morgan fingerprint density at radius 3 is 2.70 bits per heavy atom. The maximum Gasteiger partial charge on any atom is 0.305 e. The van der Waals surface area contributed by atoms with Crippen molar-refractivity contribution >= 4 is 35.0 Å². The lowest BCUT2D eigenvalue weighted by atomic mass is 10.2. The van der Waals surface area contributed by atoms with Gasteiger partial charge >= 0.3 is 5.97 Å². The van der Waals surface area contributed by atoms with Gasteiger partial charge in [-0.1, -0.05) is 54.2 Å². The number of carboxylic acid groups (broad SMARTS) is 1. The van der Waals surface area contributed by atoms with Gasteiger partial charge in [-0.3, -0.25) is 9.59 Å². The van der Waals surface area contributed by atoms with Crippen LogP contribution in [0.15, 0.2) is 64.8 Å². The predicted molar refractivity (Wildman–Crippen MR) is 104 cm³/mol. The van der Waals surface area contributed by atoms with Gasteiger partial charge < -0.3 is 15.2 Å². The average molecular weight is 383 g/mol. The fourth-order valence-corrected chi connectivity index (χ4v) is 3.26. The summed E-state index contributed by atoms with van der Waals surface area (Å²) in [6.45, 7) is 0.434. The van der Waals surface area contributed by atoms with Crippen LogP contribution < -0.4 is 10.1 Å². The zero-order valence-electron chi connectivity index (χ0n) is 14.2. The molecular formula is C19H17N3O4S. The number of amides is 1. The Bertz CT molecular complexity index is 884. The lowest BCUT2D eigenvalue weighted by molar-refractivity contribution is -0.138. The van der Waals surface area contributed by atoms with Gasteiger partial charge in [-0.25, -0.2) is 0 Å². The van der Waals surface area contributed by atoms with Crippen LogP contribution in [0.1, 0.15) is 17.5 Å². The number of para-hydroxylation sites is 1. The maximum absolute atomic E-state index is 11.7. The maximum atomic E-state index is 11.7. The lowest BCUT2D eigenvalue weighted by Crippen LogP contribution is -2.26. The van der Waals surface area contributed by atoms with E-state index in [1.807, 2.05) is 54.6 Å². The number of nitrogens with one attached hydrogen (secondary N) is 1. The van der Waals surface area contributed by atoms with Crippen molar-refractivity contribution in [3.05, 3.63) is 65.7 Å². The fraction of sp³-hybridized carbons (Fsp3) is 0.158. The van der Waals surface area contributed by atoms with Gasteiger partial charge in [-0.15, -0.1) is 5.10 Å². The molecule has 2 N–H and O–H groups in total. The van der Waals surface area contributed by atoms with E-state index in [1.54, 1.807) is 0 Å². The first-order chi connectivity index (χ1) is 13.1. The van der Waals surface area contributed by atoms with Gasteiger partial charge in [-0.2, -0.15) is 5.10 Å². The number of hydrogen-bond acceptors (Lipinski definition) is 6. The highest BCUT2D eigenvalue weighted by atomic mass is 32.2. The predicted octanol–water partition coefficient (Wildman–Crippen LogP) is 2.66. The van der Waals surface area contributed by atoms with E-state index >= 15 is 0 Å². The van der Waals surface area contributed by atoms with Crippen molar-refractivity contribution in [3.63, 3.8) is 0 Å². The summed E-state index contributed by atoms with van der Waals surface area (Å²) in [5, 5.41) is 18.9. The minimum absolute atomic E-state index is 0.255. The van der Waals surface area contributed by atoms with Crippen molar-refractivity contribution in [2.24, 2.45) is 10.2 Å². The monoisotopic (exact) mass is 383 g/mol. The van der Waals surface area contributed by atoms with E-state index < -0.39 is 11.2 Å². The van der Waals surface area contributed by atoms with Crippen LogP contribution in [0, 0.1) is 0 Å². The van der Waals surface area contributed by atoms with Crippen LogP contribution in [0.3, 0.4) is 0 Å². The van der Waals surface area contributed by atoms with E-state index in [0.717, 1.165) is 22.9 Å². The van der Waals surface area contributed by atoms with Gasteiger partial charge in [0.05, 0.1) is 12.6 Å². The SMILES string of the molecule is O=C(O)CC1SC(=NN=Cc2ccccc2OCc2ccccc2)NC1=O. The second-order valence-electron chi connectivity index (χ2n) is 5.66. The fourth-order valence-electron chi connectivity index (χ4n) is 2.34. The summed E-state index contributed by atoms with van der Waals surface area (Å²) in [5.41, 5.74) is 1.80. The zero-order chi connectivity index (χ0) is 19.1. The molecule has 27 heavy (non-hydrogen) atoms. The summed E-state index contributed by atoms with van der Waals surface area (Å²) >= 11 is 1.06. The van der Waals surface area contributed by atoms with E-state index in [2.05, 4.69) is 15.5 Å². The highest BCUT2D eigenvalue weighted by Crippen LogP contribution is 2.22. The molecule has 0 saturated carbocycles. The Hall–Kier alpha value is -3.13. The summed E-state index contributed by atoms with van der Waals surface area (Å²) in [5.74, 6) is -0.739. The van der Waals surface area contributed by atoms with Crippen LogP contribution >= 0.6 is 11.8 Å². The molecule has 1 heterocycles. The standard InChI is InChI=1S/C19H17N3O4S/c23-17(24)10-16-18(25)21-19(27-16)22-20-11-14-8-4-5-9-15(14)26-12-13-6-2-1-3-7-13/h1-9,11,16H,10,12H2,(H,23,24)(H,21,22,25). The van der Waals surface area contributed by atoms with Gasteiger partial charge in [0.25, 0.3) is 0 Å². The van der Waals surface area contributed by atoms with Crippen LogP contribution in [0.5, 0.6) is 5.75 Å². The van der Waals surface area contributed by atoms with Crippen LogP contribution in [0.2, 0.25) is 0 Å². The lowest BCUT2D eigenvalue weighted by Gasteiger charge is -2.08. The third-order valence-corrected chi connectivity index (χ3v) is 4.71. The number of rotatable bonds is 7. The van der Waals surface area contributed by atoms with Gasteiger partial charge in [0.1, 0.15) is 17.6 Å². The number of thioether (sulfide) groups is 1. The first-order valence-electron chi connectivity index (χ1n) is 8.18. The van der Waals surface area contributed by atoms with Gasteiger partial charge in [0.2, 0.25) is 5.91 Å².